The lowest BCUT2D eigenvalue weighted by atomic mass is 9.72. The highest BCUT2D eigenvalue weighted by Crippen LogP contribution is 2.40. The third kappa shape index (κ3) is 3.53. The van der Waals surface area contributed by atoms with E-state index in [-0.39, 0.29) is 17.7 Å². The summed E-state index contributed by atoms with van der Waals surface area (Å²) in [6.07, 6.45) is 1.12. The van der Waals surface area contributed by atoms with Gasteiger partial charge in [0.15, 0.2) is 0 Å². The topological polar surface area (TPSA) is 32.7 Å². The first-order valence-electron chi connectivity index (χ1n) is 13.0. The molecule has 0 saturated heterocycles. The molecule has 3 heteroatoms. The van der Waals surface area contributed by atoms with E-state index >= 15 is 0 Å². The standard InChI is InChI=1S/C17H27NO2/c1-18(2)13-16(17(19)11-5-4-6-12-17)14-7-9-15(20-3)10-8-14/h7-10,16,19H,4-6,11-13H2,1-3H3/t16-/m1/s1/i1D3,3D3,7D,8D,9D,10D,13D2,16D. The molecule has 0 amide bonds. The third-order valence-electron chi connectivity index (χ3n) is 3.38. The summed E-state index contributed by atoms with van der Waals surface area (Å²) in [5, 5.41) is 11.5. The lowest BCUT2D eigenvalue weighted by molar-refractivity contribution is -0.0277. The van der Waals surface area contributed by atoms with Gasteiger partial charge in [0.25, 0.3) is 0 Å². The van der Waals surface area contributed by atoms with Crippen LogP contribution in [0.4, 0.5) is 0 Å². The van der Waals surface area contributed by atoms with Gasteiger partial charge in [-0.05, 0) is 44.5 Å². The molecule has 1 aliphatic carbocycles. The van der Waals surface area contributed by atoms with Crippen molar-refractivity contribution < 1.29 is 27.7 Å². The quantitative estimate of drug-likeness (QED) is 0.905. The van der Waals surface area contributed by atoms with Gasteiger partial charge in [0.05, 0.1) is 22.2 Å². The molecule has 2 rings (SSSR count). The molecule has 0 unspecified atom stereocenters. The van der Waals surface area contributed by atoms with Gasteiger partial charge in [-0.3, -0.25) is 0 Å². The van der Waals surface area contributed by atoms with Crippen LogP contribution in [-0.4, -0.2) is 43.2 Å². The van der Waals surface area contributed by atoms with Crippen LogP contribution in [0.3, 0.4) is 0 Å². The van der Waals surface area contributed by atoms with E-state index in [9.17, 15) is 6.48 Å². The van der Waals surface area contributed by atoms with Gasteiger partial charge in [0.2, 0.25) is 0 Å². The summed E-state index contributed by atoms with van der Waals surface area (Å²) in [7, 11) is -2.23. The normalized spacial score (nSPS) is 32.9. The summed E-state index contributed by atoms with van der Waals surface area (Å²) in [6.45, 7) is -6.27. The van der Waals surface area contributed by atoms with Crippen molar-refractivity contribution in [2.24, 2.45) is 0 Å². The molecule has 0 spiro atoms. The lowest BCUT2D eigenvalue weighted by Crippen LogP contribution is -2.42. The summed E-state index contributed by atoms with van der Waals surface area (Å²) in [5.41, 5.74) is -3.12. The SMILES string of the molecule is [2H]c1c([2H])c([C@]([2H])(C2(O)CCCCC2)C([2H])([2H])N(C)C([2H])([2H])[2H])c([2H])c([2H])c1OC([2H])([2H])[2H]. The second-order valence-corrected chi connectivity index (χ2v) is 4.94. The predicted octanol–water partition coefficient (Wildman–Crippen LogP) is 3.04. The van der Waals surface area contributed by atoms with Crippen LogP contribution < -0.4 is 4.74 Å². The minimum Gasteiger partial charge on any atom is -0.497 e. The number of hydrogen-bond acceptors (Lipinski definition) is 3. The van der Waals surface area contributed by atoms with E-state index in [0.29, 0.717) is 19.3 Å². The first kappa shape index (κ1) is 5.62. The molecule has 1 aliphatic rings. The third-order valence-corrected chi connectivity index (χ3v) is 3.38. The molecule has 1 saturated carbocycles. The Bertz CT molecular complexity index is 863. The Morgan fingerprint density at radius 2 is 2.15 bits per heavy atom. The second-order valence-electron chi connectivity index (χ2n) is 4.94. The van der Waals surface area contributed by atoms with Gasteiger partial charge in [-0.1, -0.05) is 31.3 Å². The Labute approximate surface area is 140 Å². The molecule has 20 heavy (non-hydrogen) atoms. The minimum atomic E-state index is -3.21. The molecule has 1 aromatic carbocycles. The number of likely N-dealkylation sites (N-methyl/N-ethyl adjacent to an activating group) is 1. The molecule has 0 aliphatic heterocycles. The molecule has 1 fully saturated rings. The van der Waals surface area contributed by atoms with Crippen LogP contribution in [0.5, 0.6) is 5.75 Å². The van der Waals surface area contributed by atoms with Gasteiger partial charge in [0.1, 0.15) is 5.75 Å². The van der Waals surface area contributed by atoms with Crippen LogP contribution >= 0.6 is 0 Å². The predicted molar refractivity (Wildman–Crippen MR) is 82.3 cm³/mol. The summed E-state index contributed by atoms with van der Waals surface area (Å²) < 4.78 is 109. The van der Waals surface area contributed by atoms with E-state index < -0.39 is 67.5 Å². The summed E-state index contributed by atoms with van der Waals surface area (Å²) in [6, 6.07) is -3.95. The fourth-order valence-corrected chi connectivity index (χ4v) is 2.42. The van der Waals surface area contributed by atoms with Crippen LogP contribution in [-0.2, 0) is 0 Å². The molecule has 1 atom stereocenters. The van der Waals surface area contributed by atoms with Crippen LogP contribution in [0.1, 0.15) is 61.4 Å². The number of aliphatic hydroxyl groups is 1. The Morgan fingerprint density at radius 1 is 1.45 bits per heavy atom. The minimum absolute atomic E-state index is 0.141. The molecule has 0 heterocycles. The average molecular weight is 290 g/mol. The number of rotatable bonds is 5. The highest BCUT2D eigenvalue weighted by molar-refractivity contribution is 5.31. The largest absolute Gasteiger partial charge is 0.497 e. The highest BCUT2D eigenvalue weighted by Gasteiger charge is 2.38. The molecular formula is C17H27NO2. The molecule has 1 aromatic rings. The Hall–Kier alpha value is -1.06. The smallest absolute Gasteiger partial charge is 0.118 e. The molecule has 0 bridgehead atoms. The maximum Gasteiger partial charge on any atom is 0.118 e. The van der Waals surface area contributed by atoms with Crippen LogP contribution in [0, 0.1) is 0 Å². The van der Waals surface area contributed by atoms with Crippen molar-refractivity contribution in [3.8, 4) is 5.75 Å². The maximum atomic E-state index is 11.5. The second kappa shape index (κ2) is 6.59. The Balaban J connectivity index is 2.95. The van der Waals surface area contributed by atoms with Gasteiger partial charge in [-0.2, -0.15) is 0 Å². The van der Waals surface area contributed by atoms with E-state index in [4.69, 9.17) is 16.4 Å². The average Bonchev–Trinajstić information content (AvgIpc) is 2.68. The van der Waals surface area contributed by atoms with Crippen molar-refractivity contribution in [2.75, 3.05) is 27.6 Å². The van der Waals surface area contributed by atoms with Crippen LogP contribution in [0.2, 0.25) is 0 Å². The van der Waals surface area contributed by atoms with Gasteiger partial charge < -0.3 is 14.7 Å². The molecule has 112 valence electrons. The van der Waals surface area contributed by atoms with E-state index in [1.807, 2.05) is 0 Å². The van der Waals surface area contributed by atoms with Gasteiger partial charge >= 0.3 is 0 Å². The van der Waals surface area contributed by atoms with Crippen LogP contribution in [0.25, 0.3) is 0 Å². The zero-order valence-corrected chi connectivity index (χ0v) is 11.3. The molecule has 3 nitrogen and oxygen atoms in total. The Kier molecular flexibility index (Phi) is 1.85. The summed E-state index contributed by atoms with van der Waals surface area (Å²) in [5.74, 6) is -3.92. The zero-order valence-electron chi connectivity index (χ0n) is 24.3. The van der Waals surface area contributed by atoms with Gasteiger partial charge in [0, 0.05) is 20.6 Å². The van der Waals surface area contributed by atoms with Crippen molar-refractivity contribution >= 4 is 0 Å². The van der Waals surface area contributed by atoms with Crippen LogP contribution in [0.15, 0.2) is 24.2 Å². The van der Waals surface area contributed by atoms with E-state index in [2.05, 4.69) is 4.74 Å². The fourth-order valence-electron chi connectivity index (χ4n) is 2.42. The van der Waals surface area contributed by atoms with Crippen molar-refractivity contribution in [3.05, 3.63) is 29.7 Å². The van der Waals surface area contributed by atoms with E-state index in [0.717, 1.165) is 7.05 Å². The first-order chi connectivity index (χ1) is 14.7. The Morgan fingerprint density at radius 3 is 2.75 bits per heavy atom. The zero-order chi connectivity index (χ0) is 25.8. The summed E-state index contributed by atoms with van der Waals surface area (Å²) >= 11 is 0. The number of methoxy groups -OCH3 is 1. The monoisotopic (exact) mass is 290 g/mol. The van der Waals surface area contributed by atoms with Gasteiger partial charge in [-0.15, -0.1) is 0 Å². The first-order valence-corrected chi connectivity index (χ1v) is 6.48. The van der Waals surface area contributed by atoms with Gasteiger partial charge in [-0.25, -0.2) is 0 Å². The molecular weight excluding hydrogens is 250 g/mol. The summed E-state index contributed by atoms with van der Waals surface area (Å²) in [4.78, 5) is 0.249. The molecule has 0 radical (unpaired) electrons. The molecule has 1 N–H and O–H groups in total. The van der Waals surface area contributed by atoms with Crippen molar-refractivity contribution in [3.63, 3.8) is 0 Å². The van der Waals surface area contributed by atoms with Crippen molar-refractivity contribution in [1.29, 1.82) is 0 Å². The lowest BCUT2D eigenvalue weighted by Gasteiger charge is -2.40. The molecule has 0 aromatic heterocycles. The van der Waals surface area contributed by atoms with Crippen molar-refractivity contribution in [2.45, 2.75) is 43.6 Å². The maximum absolute atomic E-state index is 11.5. The number of hydrogen-bond donors (Lipinski definition) is 1. The highest BCUT2D eigenvalue weighted by atomic mass is 16.5. The number of ether oxygens (including phenoxy) is 1. The van der Waals surface area contributed by atoms with E-state index in [1.165, 1.54) is 0 Å². The number of nitrogens with zero attached hydrogens (tertiary/aromatic N) is 1. The number of benzene rings is 1. The van der Waals surface area contributed by atoms with Crippen molar-refractivity contribution in [1.82, 2.24) is 4.90 Å². The van der Waals surface area contributed by atoms with E-state index in [1.54, 1.807) is 0 Å². The fraction of sp³-hybridized carbons (Fsp3) is 0.647.